The number of hydrogen-bond donors (Lipinski definition) is 2. The van der Waals surface area contributed by atoms with Crippen LogP contribution in [0.5, 0.6) is 0 Å². The summed E-state index contributed by atoms with van der Waals surface area (Å²) in [6.45, 7) is 0.408. The van der Waals surface area contributed by atoms with E-state index in [1.807, 2.05) is 41.8 Å². The van der Waals surface area contributed by atoms with Crippen molar-refractivity contribution in [3.63, 3.8) is 0 Å². The molecule has 0 aliphatic rings. The highest BCUT2D eigenvalue weighted by Gasteiger charge is 2.08. The van der Waals surface area contributed by atoms with Gasteiger partial charge >= 0.3 is 5.97 Å². The van der Waals surface area contributed by atoms with Crippen LogP contribution in [0.4, 0.5) is 0 Å². The first kappa shape index (κ1) is 15.9. The van der Waals surface area contributed by atoms with Crippen molar-refractivity contribution in [2.75, 3.05) is 0 Å². The molecule has 24 heavy (non-hydrogen) atoms. The maximum atomic E-state index is 11.9. The number of rotatable bonds is 6. The van der Waals surface area contributed by atoms with E-state index in [4.69, 9.17) is 5.11 Å². The molecule has 0 atom stereocenters. The number of amides is 1. The Bertz CT molecular complexity index is 856. The quantitative estimate of drug-likeness (QED) is 0.721. The Kier molecular flexibility index (Phi) is 4.72. The maximum Gasteiger partial charge on any atom is 0.356 e. The van der Waals surface area contributed by atoms with E-state index in [-0.39, 0.29) is 11.6 Å². The highest BCUT2D eigenvalue weighted by atomic mass is 32.1. The number of thiophene rings is 1. The van der Waals surface area contributed by atoms with Gasteiger partial charge in [-0.2, -0.15) is 5.10 Å². The Morgan fingerprint density at radius 3 is 2.79 bits per heavy atom. The molecular formula is C17H15N3O3S. The third-order valence-electron chi connectivity index (χ3n) is 3.39. The minimum absolute atomic E-state index is 0.00958. The van der Waals surface area contributed by atoms with Crippen LogP contribution in [0.25, 0.3) is 5.69 Å². The van der Waals surface area contributed by atoms with Crippen molar-refractivity contribution in [2.45, 2.75) is 13.0 Å². The van der Waals surface area contributed by atoms with Crippen LogP contribution in [-0.2, 0) is 17.8 Å². The number of aromatic nitrogens is 2. The number of nitrogens with one attached hydrogen (secondary N) is 1. The predicted molar refractivity (Wildman–Crippen MR) is 90.4 cm³/mol. The summed E-state index contributed by atoms with van der Waals surface area (Å²) >= 11 is 1.56. The second kappa shape index (κ2) is 7.10. The van der Waals surface area contributed by atoms with Crippen molar-refractivity contribution in [1.82, 2.24) is 15.1 Å². The Hall–Kier alpha value is -2.93. The lowest BCUT2D eigenvalue weighted by Gasteiger charge is -2.07. The molecule has 0 saturated heterocycles. The fourth-order valence-corrected chi connectivity index (χ4v) is 2.93. The zero-order chi connectivity index (χ0) is 16.9. The van der Waals surface area contributed by atoms with E-state index in [2.05, 4.69) is 10.4 Å². The molecule has 0 aliphatic heterocycles. The van der Waals surface area contributed by atoms with Gasteiger partial charge in [0.2, 0.25) is 5.91 Å². The summed E-state index contributed by atoms with van der Waals surface area (Å²) in [4.78, 5) is 23.9. The third kappa shape index (κ3) is 3.88. The average molecular weight is 341 g/mol. The number of carbonyl (C=O) groups is 2. The van der Waals surface area contributed by atoms with E-state index in [9.17, 15) is 9.59 Å². The van der Waals surface area contributed by atoms with E-state index in [1.54, 1.807) is 17.5 Å². The second-order valence-electron chi connectivity index (χ2n) is 5.15. The van der Waals surface area contributed by atoms with Crippen molar-refractivity contribution in [2.24, 2.45) is 0 Å². The lowest BCUT2D eigenvalue weighted by Crippen LogP contribution is -2.24. The Morgan fingerprint density at radius 2 is 2.08 bits per heavy atom. The number of hydrogen-bond acceptors (Lipinski definition) is 4. The number of carbonyl (C=O) groups excluding carboxylic acids is 1. The van der Waals surface area contributed by atoms with Crippen LogP contribution >= 0.6 is 11.3 Å². The molecule has 2 heterocycles. The van der Waals surface area contributed by atoms with Gasteiger partial charge in [-0.3, -0.25) is 4.79 Å². The van der Waals surface area contributed by atoms with Crippen LogP contribution in [0.3, 0.4) is 0 Å². The molecule has 0 spiro atoms. The van der Waals surface area contributed by atoms with E-state index < -0.39 is 5.97 Å². The monoisotopic (exact) mass is 341 g/mol. The summed E-state index contributed by atoms with van der Waals surface area (Å²) in [7, 11) is 0. The van der Waals surface area contributed by atoms with Gasteiger partial charge in [-0.15, -0.1) is 11.3 Å². The van der Waals surface area contributed by atoms with E-state index in [1.165, 1.54) is 10.7 Å². The molecule has 2 aromatic heterocycles. The number of carboxylic acids is 1. The molecule has 0 saturated carbocycles. The molecule has 7 heteroatoms. The summed E-state index contributed by atoms with van der Waals surface area (Å²) in [5.74, 6) is -1.10. The Balaban J connectivity index is 1.64. The zero-order valence-corrected chi connectivity index (χ0v) is 13.5. The molecule has 0 unspecified atom stereocenters. The SMILES string of the molecule is O=C(Cc1cccs1)NCc1cccc(-n2ccc(C(=O)O)n2)c1. The van der Waals surface area contributed by atoms with E-state index >= 15 is 0 Å². The number of aromatic carboxylic acids is 1. The molecule has 0 fully saturated rings. The van der Waals surface area contributed by atoms with E-state index in [0.29, 0.717) is 13.0 Å². The van der Waals surface area contributed by atoms with Crippen LogP contribution in [0.15, 0.2) is 54.0 Å². The van der Waals surface area contributed by atoms with Gasteiger partial charge in [0.25, 0.3) is 0 Å². The van der Waals surface area contributed by atoms with Crippen LogP contribution in [0.2, 0.25) is 0 Å². The van der Waals surface area contributed by atoms with Gasteiger partial charge in [-0.05, 0) is 35.2 Å². The molecule has 1 amide bonds. The lowest BCUT2D eigenvalue weighted by atomic mass is 10.2. The molecule has 0 radical (unpaired) electrons. The lowest BCUT2D eigenvalue weighted by molar-refractivity contribution is -0.120. The van der Waals surface area contributed by atoms with Gasteiger partial charge in [0.05, 0.1) is 12.1 Å². The number of nitrogens with zero attached hydrogens (tertiary/aromatic N) is 2. The van der Waals surface area contributed by atoms with Gasteiger partial charge in [0.1, 0.15) is 0 Å². The van der Waals surface area contributed by atoms with Gasteiger partial charge in [0, 0.05) is 17.6 Å². The van der Waals surface area contributed by atoms with Gasteiger partial charge < -0.3 is 10.4 Å². The summed E-state index contributed by atoms with van der Waals surface area (Å²) in [6, 6.07) is 12.7. The largest absolute Gasteiger partial charge is 0.476 e. The van der Waals surface area contributed by atoms with Gasteiger partial charge in [-0.25, -0.2) is 9.48 Å². The van der Waals surface area contributed by atoms with Gasteiger partial charge in [-0.1, -0.05) is 18.2 Å². The zero-order valence-electron chi connectivity index (χ0n) is 12.7. The molecule has 2 N–H and O–H groups in total. The van der Waals surface area contributed by atoms with E-state index in [0.717, 1.165) is 16.1 Å². The van der Waals surface area contributed by atoms with Crippen LogP contribution < -0.4 is 5.32 Å². The summed E-state index contributed by atoms with van der Waals surface area (Å²) in [5, 5.41) is 17.8. The average Bonchev–Trinajstić information content (AvgIpc) is 3.25. The first-order valence-electron chi connectivity index (χ1n) is 7.29. The molecular weight excluding hydrogens is 326 g/mol. The number of benzene rings is 1. The fourth-order valence-electron chi connectivity index (χ4n) is 2.23. The third-order valence-corrected chi connectivity index (χ3v) is 4.26. The van der Waals surface area contributed by atoms with Crippen molar-refractivity contribution < 1.29 is 14.7 Å². The van der Waals surface area contributed by atoms with Crippen molar-refractivity contribution in [1.29, 1.82) is 0 Å². The van der Waals surface area contributed by atoms with Crippen molar-refractivity contribution in [3.8, 4) is 5.69 Å². The highest BCUT2D eigenvalue weighted by molar-refractivity contribution is 7.10. The Morgan fingerprint density at radius 1 is 1.21 bits per heavy atom. The predicted octanol–water partition coefficient (Wildman–Crippen LogP) is 2.49. The minimum atomic E-state index is -1.06. The van der Waals surface area contributed by atoms with Crippen molar-refractivity contribution >= 4 is 23.2 Å². The standard InChI is InChI=1S/C17H15N3O3S/c21-16(10-14-5-2-8-24-14)18-11-12-3-1-4-13(9-12)20-7-6-15(19-20)17(22)23/h1-9H,10-11H2,(H,18,21)(H,22,23). The van der Waals surface area contributed by atoms with Crippen LogP contribution in [-0.4, -0.2) is 26.8 Å². The topological polar surface area (TPSA) is 84.2 Å². The summed E-state index contributed by atoms with van der Waals surface area (Å²) in [6.07, 6.45) is 1.97. The molecule has 3 aromatic rings. The van der Waals surface area contributed by atoms with Crippen LogP contribution in [0.1, 0.15) is 20.9 Å². The minimum Gasteiger partial charge on any atom is -0.476 e. The molecule has 6 nitrogen and oxygen atoms in total. The summed E-state index contributed by atoms with van der Waals surface area (Å²) in [5.41, 5.74) is 1.65. The fraction of sp³-hybridized carbons (Fsp3) is 0.118. The van der Waals surface area contributed by atoms with Gasteiger partial charge in [0.15, 0.2) is 5.69 Å². The second-order valence-corrected chi connectivity index (χ2v) is 6.19. The molecule has 122 valence electrons. The summed E-state index contributed by atoms with van der Waals surface area (Å²) < 4.78 is 1.50. The van der Waals surface area contributed by atoms with Crippen LogP contribution in [0, 0.1) is 0 Å². The van der Waals surface area contributed by atoms with Crippen molar-refractivity contribution in [3.05, 3.63) is 70.2 Å². The smallest absolute Gasteiger partial charge is 0.356 e. The normalized spacial score (nSPS) is 10.5. The molecule has 1 aromatic carbocycles. The number of carboxylic acid groups (broad SMARTS) is 1. The highest BCUT2D eigenvalue weighted by Crippen LogP contribution is 2.12. The molecule has 0 bridgehead atoms. The Labute approximate surface area is 142 Å². The molecule has 0 aliphatic carbocycles. The first-order valence-corrected chi connectivity index (χ1v) is 8.17. The first-order chi connectivity index (χ1) is 11.6. The molecule has 3 rings (SSSR count). The maximum absolute atomic E-state index is 11.9.